The third kappa shape index (κ3) is 2.46. The summed E-state index contributed by atoms with van der Waals surface area (Å²) >= 11 is 6.38. The smallest absolute Gasteiger partial charge is 0.142 e. The van der Waals surface area contributed by atoms with Crippen LogP contribution in [0.4, 0.5) is 5.82 Å². The number of hydrogen-bond acceptors (Lipinski definition) is 4. The van der Waals surface area contributed by atoms with Gasteiger partial charge in [-0.1, -0.05) is 23.7 Å². The quantitative estimate of drug-likeness (QED) is 0.786. The molecule has 1 unspecified atom stereocenters. The van der Waals surface area contributed by atoms with E-state index in [-0.39, 0.29) is 6.10 Å². The average molecular weight is 329 g/mol. The summed E-state index contributed by atoms with van der Waals surface area (Å²) in [4.78, 5) is 11.2. The number of β-amino-alcohol motifs (C(OH)–C–C–N with tert-alkyl or cyclic N) is 1. The van der Waals surface area contributed by atoms with E-state index in [0.29, 0.717) is 11.6 Å². The van der Waals surface area contributed by atoms with Crippen molar-refractivity contribution in [2.75, 3.05) is 18.0 Å². The van der Waals surface area contributed by atoms with Gasteiger partial charge in [0.05, 0.1) is 22.2 Å². The standard InChI is InChI=1S/C17H17ClN4O/c1-21-15-5-3-2-4-14(15)20-17(21)12-8-16(19-9-13(12)18)22-7-6-11(23)10-22/h2-5,8-9,11,23H,6-7,10H2,1H3. The number of aromatic nitrogens is 3. The van der Waals surface area contributed by atoms with Crippen molar-refractivity contribution < 1.29 is 5.11 Å². The van der Waals surface area contributed by atoms with Crippen LogP contribution in [0, 0.1) is 0 Å². The summed E-state index contributed by atoms with van der Waals surface area (Å²) < 4.78 is 2.04. The first kappa shape index (κ1) is 14.5. The van der Waals surface area contributed by atoms with E-state index in [1.807, 2.05) is 41.9 Å². The van der Waals surface area contributed by atoms with Crippen molar-refractivity contribution in [1.82, 2.24) is 14.5 Å². The number of aliphatic hydroxyl groups is 1. The maximum atomic E-state index is 9.73. The van der Waals surface area contributed by atoms with Gasteiger partial charge < -0.3 is 14.6 Å². The minimum Gasteiger partial charge on any atom is -0.391 e. The molecule has 1 fully saturated rings. The number of aliphatic hydroxyl groups excluding tert-OH is 1. The van der Waals surface area contributed by atoms with Crippen LogP contribution in [0.3, 0.4) is 0 Å². The van der Waals surface area contributed by atoms with E-state index >= 15 is 0 Å². The SMILES string of the molecule is Cn1c(-c2cc(N3CCC(O)C3)ncc2Cl)nc2ccccc21. The Morgan fingerprint density at radius 1 is 1.30 bits per heavy atom. The molecule has 1 N–H and O–H groups in total. The van der Waals surface area contributed by atoms with Gasteiger partial charge in [-0.25, -0.2) is 9.97 Å². The highest BCUT2D eigenvalue weighted by atomic mass is 35.5. The van der Waals surface area contributed by atoms with E-state index in [1.54, 1.807) is 6.20 Å². The molecule has 1 aliphatic rings. The van der Waals surface area contributed by atoms with Gasteiger partial charge in [-0.15, -0.1) is 0 Å². The van der Waals surface area contributed by atoms with Crippen molar-refractivity contribution in [1.29, 1.82) is 0 Å². The van der Waals surface area contributed by atoms with Crippen LogP contribution in [0.25, 0.3) is 22.4 Å². The molecule has 5 nitrogen and oxygen atoms in total. The molecule has 1 saturated heterocycles. The molecule has 3 aromatic rings. The molecule has 6 heteroatoms. The van der Waals surface area contributed by atoms with E-state index in [1.165, 1.54) is 0 Å². The molecular weight excluding hydrogens is 312 g/mol. The summed E-state index contributed by atoms with van der Waals surface area (Å²) in [5.74, 6) is 1.65. The zero-order chi connectivity index (χ0) is 16.0. The molecule has 4 rings (SSSR count). The number of pyridine rings is 1. The van der Waals surface area contributed by atoms with Crippen LogP contribution in [-0.2, 0) is 7.05 Å². The Bertz CT molecular complexity index is 876. The average Bonchev–Trinajstić information content (AvgIpc) is 3.13. The molecule has 0 bridgehead atoms. The molecule has 0 spiro atoms. The number of halogens is 1. The third-order valence-electron chi connectivity index (χ3n) is 4.36. The monoisotopic (exact) mass is 328 g/mol. The molecule has 0 radical (unpaired) electrons. The number of rotatable bonds is 2. The Balaban J connectivity index is 1.82. The molecule has 2 aromatic heterocycles. The number of hydrogen-bond donors (Lipinski definition) is 1. The molecule has 23 heavy (non-hydrogen) atoms. The van der Waals surface area contributed by atoms with E-state index in [4.69, 9.17) is 16.6 Å². The van der Waals surface area contributed by atoms with Crippen LogP contribution in [0.15, 0.2) is 36.5 Å². The van der Waals surface area contributed by atoms with E-state index < -0.39 is 0 Å². The van der Waals surface area contributed by atoms with Crippen LogP contribution in [0.2, 0.25) is 5.02 Å². The number of nitrogens with zero attached hydrogens (tertiary/aromatic N) is 4. The van der Waals surface area contributed by atoms with Gasteiger partial charge in [-0.2, -0.15) is 0 Å². The van der Waals surface area contributed by atoms with Crippen molar-refractivity contribution in [3.63, 3.8) is 0 Å². The second kappa shape index (κ2) is 5.51. The Labute approximate surface area is 139 Å². The first-order valence-corrected chi connectivity index (χ1v) is 8.01. The van der Waals surface area contributed by atoms with Gasteiger partial charge in [0.15, 0.2) is 0 Å². The lowest BCUT2D eigenvalue weighted by atomic mass is 10.2. The van der Waals surface area contributed by atoms with Gasteiger partial charge in [0.2, 0.25) is 0 Å². The van der Waals surface area contributed by atoms with Gasteiger partial charge in [-0.3, -0.25) is 0 Å². The highest BCUT2D eigenvalue weighted by Crippen LogP contribution is 2.32. The van der Waals surface area contributed by atoms with Crippen molar-refractivity contribution in [3.8, 4) is 11.4 Å². The Kier molecular flexibility index (Phi) is 3.47. The fourth-order valence-electron chi connectivity index (χ4n) is 3.11. The highest BCUT2D eigenvalue weighted by Gasteiger charge is 2.23. The molecular formula is C17H17ClN4O. The van der Waals surface area contributed by atoms with E-state index in [2.05, 4.69) is 9.88 Å². The van der Waals surface area contributed by atoms with Crippen LogP contribution in [0.1, 0.15) is 6.42 Å². The van der Waals surface area contributed by atoms with Gasteiger partial charge in [0, 0.05) is 31.9 Å². The van der Waals surface area contributed by atoms with Crippen LogP contribution < -0.4 is 4.90 Å². The summed E-state index contributed by atoms with van der Waals surface area (Å²) in [5, 5.41) is 10.3. The lowest BCUT2D eigenvalue weighted by Crippen LogP contribution is -2.22. The maximum absolute atomic E-state index is 9.73. The molecule has 3 heterocycles. The Morgan fingerprint density at radius 3 is 2.87 bits per heavy atom. The normalized spacial score (nSPS) is 18.0. The first-order chi connectivity index (χ1) is 11.1. The summed E-state index contributed by atoms with van der Waals surface area (Å²) in [7, 11) is 1.99. The molecule has 1 atom stereocenters. The highest BCUT2D eigenvalue weighted by molar-refractivity contribution is 6.33. The molecule has 0 amide bonds. The fourth-order valence-corrected chi connectivity index (χ4v) is 3.30. The molecule has 118 valence electrons. The second-order valence-electron chi connectivity index (χ2n) is 5.89. The first-order valence-electron chi connectivity index (χ1n) is 7.64. The minimum absolute atomic E-state index is 0.285. The van der Waals surface area contributed by atoms with Gasteiger partial charge in [0.1, 0.15) is 11.6 Å². The van der Waals surface area contributed by atoms with E-state index in [0.717, 1.165) is 41.2 Å². The summed E-state index contributed by atoms with van der Waals surface area (Å²) in [6, 6.07) is 9.97. The molecule has 0 saturated carbocycles. The van der Waals surface area contributed by atoms with Crippen molar-refractivity contribution in [3.05, 3.63) is 41.6 Å². The fraction of sp³-hybridized carbons (Fsp3) is 0.294. The predicted molar refractivity (Wildman–Crippen MR) is 91.8 cm³/mol. The van der Waals surface area contributed by atoms with Crippen LogP contribution >= 0.6 is 11.6 Å². The Morgan fingerprint density at radius 2 is 2.13 bits per heavy atom. The summed E-state index contributed by atoms with van der Waals surface area (Å²) in [5.41, 5.74) is 2.86. The zero-order valence-corrected chi connectivity index (χ0v) is 13.5. The number of imidazole rings is 1. The lowest BCUT2D eigenvalue weighted by molar-refractivity contribution is 0.198. The topological polar surface area (TPSA) is 54.2 Å². The number of anilines is 1. The number of aryl methyl sites for hydroxylation is 1. The number of benzene rings is 1. The van der Waals surface area contributed by atoms with Crippen molar-refractivity contribution in [2.24, 2.45) is 7.05 Å². The summed E-state index contributed by atoms with van der Waals surface area (Å²) in [6.45, 7) is 1.41. The third-order valence-corrected chi connectivity index (χ3v) is 4.66. The zero-order valence-electron chi connectivity index (χ0n) is 12.8. The van der Waals surface area contributed by atoms with Crippen LogP contribution in [0.5, 0.6) is 0 Å². The maximum Gasteiger partial charge on any atom is 0.142 e. The van der Waals surface area contributed by atoms with Crippen molar-refractivity contribution >= 4 is 28.5 Å². The predicted octanol–water partition coefficient (Wildman–Crippen LogP) is 2.86. The second-order valence-corrected chi connectivity index (χ2v) is 6.30. The number of fused-ring (bicyclic) bond motifs is 1. The number of para-hydroxylation sites is 2. The van der Waals surface area contributed by atoms with E-state index in [9.17, 15) is 5.11 Å². The van der Waals surface area contributed by atoms with Gasteiger partial charge in [0.25, 0.3) is 0 Å². The van der Waals surface area contributed by atoms with Crippen LogP contribution in [-0.4, -0.2) is 38.8 Å². The lowest BCUT2D eigenvalue weighted by Gasteiger charge is -2.17. The van der Waals surface area contributed by atoms with Crippen molar-refractivity contribution in [2.45, 2.75) is 12.5 Å². The largest absolute Gasteiger partial charge is 0.391 e. The Hall–Kier alpha value is -2.11. The molecule has 1 aliphatic heterocycles. The molecule has 0 aliphatic carbocycles. The molecule has 1 aromatic carbocycles. The van der Waals surface area contributed by atoms with Gasteiger partial charge >= 0.3 is 0 Å². The minimum atomic E-state index is -0.285. The summed E-state index contributed by atoms with van der Waals surface area (Å²) in [6.07, 6.45) is 2.15. The van der Waals surface area contributed by atoms with Gasteiger partial charge in [-0.05, 0) is 24.6 Å².